The lowest BCUT2D eigenvalue weighted by Gasteiger charge is -2.36. The molecule has 0 atom stereocenters. The first-order chi connectivity index (χ1) is 12.0. The van der Waals surface area contributed by atoms with E-state index in [2.05, 4.69) is 9.88 Å². The van der Waals surface area contributed by atoms with E-state index in [9.17, 15) is 14.0 Å². The van der Waals surface area contributed by atoms with Crippen LogP contribution in [0.2, 0.25) is 0 Å². The van der Waals surface area contributed by atoms with Crippen molar-refractivity contribution in [1.82, 2.24) is 14.5 Å². The number of carbonyl (C=O) groups is 1. The molecule has 1 fully saturated rings. The second-order valence-electron chi connectivity index (χ2n) is 6.39. The molecule has 1 N–H and O–H groups in total. The lowest BCUT2D eigenvalue weighted by Crippen LogP contribution is -2.49. The number of hydrogen-bond donors (Lipinski definition) is 1. The molecule has 1 aromatic carbocycles. The number of hydrogen-bond acceptors (Lipinski definition) is 3. The summed E-state index contributed by atoms with van der Waals surface area (Å²) in [4.78, 5) is 31.0. The van der Waals surface area contributed by atoms with E-state index < -0.39 is 0 Å². The third kappa shape index (κ3) is 3.75. The standard InChI is InChI=1S/C18H23FN4O2/c1-13-14(2)23(18(25)20-13)8-7-17(24)22-11-9-21(10-12-22)16-5-3-15(19)4-6-16/h3-6H,7-12H2,1-2H3,(H,20,25). The fourth-order valence-corrected chi connectivity index (χ4v) is 3.17. The zero-order valence-corrected chi connectivity index (χ0v) is 14.6. The smallest absolute Gasteiger partial charge is 0.325 e. The number of carbonyl (C=O) groups excluding carboxylic acids is 1. The Morgan fingerprint density at radius 3 is 2.32 bits per heavy atom. The minimum absolute atomic E-state index is 0.0592. The Labute approximate surface area is 145 Å². The maximum absolute atomic E-state index is 13.0. The van der Waals surface area contributed by atoms with Crippen molar-refractivity contribution in [1.29, 1.82) is 0 Å². The van der Waals surface area contributed by atoms with Gasteiger partial charge in [-0.05, 0) is 38.1 Å². The van der Waals surface area contributed by atoms with Crippen LogP contribution in [0.1, 0.15) is 17.8 Å². The van der Waals surface area contributed by atoms with E-state index in [1.165, 1.54) is 12.1 Å². The summed E-state index contributed by atoms with van der Waals surface area (Å²) in [5.41, 5.74) is 2.52. The maximum atomic E-state index is 13.0. The molecule has 0 aliphatic carbocycles. The van der Waals surface area contributed by atoms with Crippen molar-refractivity contribution in [3.05, 3.63) is 52.0 Å². The van der Waals surface area contributed by atoms with Crippen molar-refractivity contribution in [3.63, 3.8) is 0 Å². The molecule has 1 saturated heterocycles. The van der Waals surface area contributed by atoms with Gasteiger partial charge < -0.3 is 14.8 Å². The van der Waals surface area contributed by atoms with Crippen molar-refractivity contribution in [2.75, 3.05) is 31.1 Å². The Morgan fingerprint density at radius 2 is 1.76 bits per heavy atom. The number of nitrogens with one attached hydrogen (secondary N) is 1. The summed E-state index contributed by atoms with van der Waals surface area (Å²) < 4.78 is 14.6. The lowest BCUT2D eigenvalue weighted by atomic mass is 10.2. The normalized spacial score (nSPS) is 14.8. The predicted octanol–water partition coefficient (Wildman–Crippen LogP) is 1.67. The number of benzene rings is 1. The highest BCUT2D eigenvalue weighted by Crippen LogP contribution is 2.17. The van der Waals surface area contributed by atoms with Gasteiger partial charge in [-0.3, -0.25) is 9.36 Å². The Balaban J connectivity index is 1.53. The fraction of sp³-hybridized carbons (Fsp3) is 0.444. The Bertz CT molecular complexity index is 801. The van der Waals surface area contributed by atoms with E-state index in [0.717, 1.165) is 30.2 Å². The highest BCUT2D eigenvalue weighted by Gasteiger charge is 2.21. The van der Waals surface area contributed by atoms with Gasteiger partial charge in [-0.15, -0.1) is 0 Å². The zero-order chi connectivity index (χ0) is 18.0. The van der Waals surface area contributed by atoms with Gasteiger partial charge in [0.25, 0.3) is 0 Å². The molecule has 6 nitrogen and oxygen atoms in total. The number of imidazole rings is 1. The average molecular weight is 346 g/mol. The molecule has 0 saturated carbocycles. The molecule has 7 heteroatoms. The minimum atomic E-state index is -0.247. The van der Waals surface area contributed by atoms with Crippen molar-refractivity contribution in [2.24, 2.45) is 0 Å². The third-order valence-corrected chi connectivity index (χ3v) is 4.86. The second-order valence-corrected chi connectivity index (χ2v) is 6.39. The van der Waals surface area contributed by atoms with Crippen LogP contribution < -0.4 is 10.6 Å². The number of piperazine rings is 1. The molecule has 0 bridgehead atoms. The fourth-order valence-electron chi connectivity index (χ4n) is 3.17. The van der Waals surface area contributed by atoms with Crippen LogP contribution >= 0.6 is 0 Å². The van der Waals surface area contributed by atoms with E-state index >= 15 is 0 Å². The van der Waals surface area contributed by atoms with Gasteiger partial charge in [0, 0.05) is 56.2 Å². The summed E-state index contributed by atoms with van der Waals surface area (Å²) in [6.45, 7) is 6.83. The second kappa shape index (κ2) is 7.13. The van der Waals surface area contributed by atoms with Crippen molar-refractivity contribution >= 4 is 11.6 Å². The molecule has 1 amide bonds. The van der Waals surface area contributed by atoms with Crippen LogP contribution in [-0.4, -0.2) is 46.5 Å². The molecule has 25 heavy (non-hydrogen) atoms. The predicted molar refractivity (Wildman–Crippen MR) is 94.3 cm³/mol. The van der Waals surface area contributed by atoms with E-state index in [0.29, 0.717) is 26.1 Å². The van der Waals surface area contributed by atoms with Gasteiger partial charge in [0.05, 0.1) is 0 Å². The molecular weight excluding hydrogens is 323 g/mol. The van der Waals surface area contributed by atoms with E-state index in [4.69, 9.17) is 0 Å². The monoisotopic (exact) mass is 346 g/mol. The summed E-state index contributed by atoms with van der Waals surface area (Å²) in [6, 6.07) is 6.42. The van der Waals surface area contributed by atoms with Crippen LogP contribution in [0.3, 0.4) is 0 Å². The van der Waals surface area contributed by atoms with Crippen LogP contribution in [0.25, 0.3) is 0 Å². The third-order valence-electron chi connectivity index (χ3n) is 4.86. The first-order valence-electron chi connectivity index (χ1n) is 8.50. The van der Waals surface area contributed by atoms with Gasteiger partial charge in [-0.25, -0.2) is 9.18 Å². The van der Waals surface area contributed by atoms with Gasteiger partial charge in [0.2, 0.25) is 5.91 Å². The summed E-state index contributed by atoms with van der Waals surface area (Å²) in [5.74, 6) is -0.188. The molecule has 1 aliphatic heterocycles. The molecule has 1 aromatic heterocycles. The van der Waals surface area contributed by atoms with Gasteiger partial charge in [-0.1, -0.05) is 0 Å². The number of nitrogens with zero attached hydrogens (tertiary/aromatic N) is 3. The van der Waals surface area contributed by atoms with Gasteiger partial charge >= 0.3 is 5.69 Å². The Hall–Kier alpha value is -2.57. The summed E-state index contributed by atoms with van der Waals surface area (Å²) >= 11 is 0. The molecule has 2 aromatic rings. The van der Waals surface area contributed by atoms with Gasteiger partial charge in [0.15, 0.2) is 0 Å². The number of anilines is 1. The van der Waals surface area contributed by atoms with Gasteiger partial charge in [-0.2, -0.15) is 0 Å². The Kier molecular flexibility index (Phi) is 4.92. The van der Waals surface area contributed by atoms with Crippen LogP contribution in [0, 0.1) is 19.7 Å². The number of aromatic amines is 1. The van der Waals surface area contributed by atoms with Crippen molar-refractivity contribution in [2.45, 2.75) is 26.8 Å². The SMILES string of the molecule is Cc1[nH]c(=O)n(CCC(=O)N2CCN(c3ccc(F)cc3)CC2)c1C. The lowest BCUT2D eigenvalue weighted by molar-refractivity contribution is -0.131. The van der Waals surface area contributed by atoms with Crippen molar-refractivity contribution in [3.8, 4) is 0 Å². The molecule has 134 valence electrons. The molecule has 1 aliphatic rings. The maximum Gasteiger partial charge on any atom is 0.325 e. The highest BCUT2D eigenvalue weighted by atomic mass is 19.1. The van der Waals surface area contributed by atoms with E-state index in [1.807, 2.05) is 18.7 Å². The van der Waals surface area contributed by atoms with Gasteiger partial charge in [0.1, 0.15) is 5.82 Å². The zero-order valence-electron chi connectivity index (χ0n) is 14.6. The summed E-state index contributed by atoms with van der Waals surface area (Å²) in [5, 5.41) is 0. The Morgan fingerprint density at radius 1 is 1.12 bits per heavy atom. The van der Waals surface area contributed by atoms with Crippen LogP contribution in [0.15, 0.2) is 29.1 Å². The molecule has 2 heterocycles. The van der Waals surface area contributed by atoms with E-state index in [1.54, 1.807) is 16.7 Å². The topological polar surface area (TPSA) is 61.3 Å². The first-order valence-corrected chi connectivity index (χ1v) is 8.50. The number of halogens is 1. The average Bonchev–Trinajstić information content (AvgIpc) is 2.86. The number of aromatic nitrogens is 2. The minimum Gasteiger partial charge on any atom is -0.368 e. The van der Waals surface area contributed by atoms with Crippen LogP contribution in [0.5, 0.6) is 0 Å². The molecule has 0 spiro atoms. The summed E-state index contributed by atoms with van der Waals surface area (Å²) in [7, 11) is 0. The molecule has 3 rings (SSSR count). The van der Waals surface area contributed by atoms with Crippen LogP contribution in [-0.2, 0) is 11.3 Å². The highest BCUT2D eigenvalue weighted by molar-refractivity contribution is 5.76. The quantitative estimate of drug-likeness (QED) is 0.916. The summed E-state index contributed by atoms with van der Waals surface area (Å²) in [6.07, 6.45) is 0.314. The number of aryl methyl sites for hydroxylation is 1. The van der Waals surface area contributed by atoms with Crippen LogP contribution in [0.4, 0.5) is 10.1 Å². The number of rotatable bonds is 4. The largest absolute Gasteiger partial charge is 0.368 e. The van der Waals surface area contributed by atoms with E-state index in [-0.39, 0.29) is 17.4 Å². The molecule has 0 unspecified atom stereocenters. The first kappa shape index (κ1) is 17.3. The number of H-pyrrole nitrogens is 1. The van der Waals surface area contributed by atoms with Crippen molar-refractivity contribution < 1.29 is 9.18 Å². The molecular formula is C18H23FN4O2. The molecule has 0 radical (unpaired) electrons. The number of amides is 1.